The van der Waals surface area contributed by atoms with E-state index in [9.17, 15) is 18.0 Å². The molecule has 0 radical (unpaired) electrons. The average molecular weight is 313 g/mol. The Balaban J connectivity index is 0.000000370. The van der Waals surface area contributed by atoms with Crippen LogP contribution in [0.3, 0.4) is 0 Å². The molecule has 0 saturated carbocycles. The first-order chi connectivity index (χ1) is 9.50. The van der Waals surface area contributed by atoms with Crippen LogP contribution >= 0.6 is 12.2 Å². The number of hydrogen-bond donors (Lipinski definition) is 0. The van der Waals surface area contributed by atoms with Crippen molar-refractivity contribution in [3.8, 4) is 5.75 Å². The normalized spacial score (nSPS) is 8.65. The maximum atomic E-state index is 9.97. The van der Waals surface area contributed by atoms with Crippen LogP contribution in [0.25, 0.3) is 0 Å². The van der Waals surface area contributed by atoms with E-state index >= 15 is 0 Å². The van der Waals surface area contributed by atoms with Crippen molar-refractivity contribution < 1.29 is 22.7 Å². The molecule has 8 nitrogen and oxygen atoms in total. The fraction of sp³-hybridized carbons (Fsp3) is 0.100. The summed E-state index contributed by atoms with van der Waals surface area (Å²) >= 11 is 4.47. The van der Waals surface area contributed by atoms with E-state index in [0.29, 0.717) is 23.6 Å². The van der Waals surface area contributed by atoms with Crippen molar-refractivity contribution >= 4 is 45.4 Å². The van der Waals surface area contributed by atoms with Crippen LogP contribution in [-0.4, -0.2) is 32.8 Å². The van der Waals surface area contributed by atoms with Gasteiger partial charge in [-0.1, -0.05) is 20.9 Å². The van der Waals surface area contributed by atoms with Crippen LogP contribution in [-0.2, 0) is 19.8 Å². The molecule has 0 aromatic heterocycles. The van der Waals surface area contributed by atoms with Gasteiger partial charge in [0.05, 0.1) is 12.3 Å². The minimum atomic E-state index is -4.28. The molecule has 0 aliphatic rings. The summed E-state index contributed by atoms with van der Waals surface area (Å²) < 4.78 is 29.3. The van der Waals surface area contributed by atoms with Gasteiger partial charge in [-0.2, -0.15) is 13.4 Å². The molecule has 0 atom stereocenters. The zero-order valence-corrected chi connectivity index (χ0v) is 11.6. The summed E-state index contributed by atoms with van der Waals surface area (Å²) in [7, 11) is -2.68. The molecule has 0 heterocycles. The van der Waals surface area contributed by atoms with Gasteiger partial charge in [0.15, 0.2) is 0 Å². The Labute approximate surface area is 119 Å². The zero-order chi connectivity index (χ0) is 15.4. The topological polar surface area (TPSA) is 115 Å². The summed E-state index contributed by atoms with van der Waals surface area (Å²) in [4.78, 5) is 22.3. The zero-order valence-electron chi connectivity index (χ0n) is 10.0. The van der Waals surface area contributed by atoms with E-state index in [4.69, 9.17) is 4.74 Å². The smallest absolute Gasteiger partial charge is 0.383 e. The fourth-order valence-electron chi connectivity index (χ4n) is 0.886. The van der Waals surface area contributed by atoms with Gasteiger partial charge in [-0.15, -0.1) is 0 Å². The molecular weight excluding hydrogens is 306 g/mol. The molecule has 1 rings (SSSR count). The molecule has 0 spiro atoms. The van der Waals surface area contributed by atoms with Crippen LogP contribution in [0.1, 0.15) is 0 Å². The number of benzene rings is 1. The predicted molar refractivity (Wildman–Crippen MR) is 72.8 cm³/mol. The van der Waals surface area contributed by atoms with Gasteiger partial charge in [-0.3, -0.25) is 0 Å². The second kappa shape index (κ2) is 9.46. The lowest BCUT2D eigenvalue weighted by atomic mass is 10.3. The van der Waals surface area contributed by atoms with Gasteiger partial charge in [0.1, 0.15) is 11.4 Å². The number of para-hydroxylation sites is 2. The minimum absolute atomic E-state index is 0.707. The lowest BCUT2D eigenvalue weighted by Gasteiger charge is -2.00. The number of thiocarbonyl (C=S) groups is 1. The van der Waals surface area contributed by atoms with Crippen molar-refractivity contribution in [1.29, 1.82) is 0 Å². The van der Waals surface area contributed by atoms with Crippen LogP contribution < -0.4 is 4.74 Å². The van der Waals surface area contributed by atoms with Gasteiger partial charge in [0, 0.05) is 0 Å². The molecule has 10 heteroatoms. The molecule has 0 aliphatic carbocycles. The van der Waals surface area contributed by atoms with Crippen molar-refractivity contribution in [2.24, 2.45) is 13.8 Å². The van der Waals surface area contributed by atoms with Gasteiger partial charge in [-0.05, 0) is 24.4 Å². The first kappa shape index (κ1) is 17.5. The Morgan fingerprint density at radius 1 is 1.15 bits per heavy atom. The monoisotopic (exact) mass is 313 g/mol. The van der Waals surface area contributed by atoms with Crippen LogP contribution in [0.15, 0.2) is 38.1 Å². The third kappa shape index (κ3) is 7.07. The lowest BCUT2D eigenvalue weighted by Crippen LogP contribution is -1.86. The molecule has 1 aromatic rings. The Morgan fingerprint density at radius 3 is 2.15 bits per heavy atom. The van der Waals surface area contributed by atoms with E-state index in [1.165, 1.54) is 0 Å². The van der Waals surface area contributed by atoms with Crippen molar-refractivity contribution in [1.82, 2.24) is 0 Å². The summed E-state index contributed by atoms with van der Waals surface area (Å²) in [5.41, 5.74) is 0.713. The molecule has 0 saturated heterocycles. The van der Waals surface area contributed by atoms with Crippen molar-refractivity contribution in [2.75, 3.05) is 7.11 Å². The third-order valence-corrected chi connectivity index (χ3v) is 2.26. The average Bonchev–Trinajstić information content (AvgIpc) is 2.40. The molecule has 104 valence electrons. The number of isothiocyanates is 1. The number of isocyanates is 2. The number of ether oxygens (including phenoxy) is 1. The van der Waals surface area contributed by atoms with E-state index in [0.717, 1.165) is 0 Å². The standard InChI is InChI=1S/C8H7NOS.C2N2O4S/c1-10-8-5-3-2-4-7(8)9-6-11;5-1-3-9(7,8)4-2-6/h2-5H,1H3;. The van der Waals surface area contributed by atoms with Gasteiger partial charge in [0.2, 0.25) is 0 Å². The van der Waals surface area contributed by atoms with E-state index in [1.807, 2.05) is 24.3 Å². The number of nitrogens with zero attached hydrogens (tertiary/aromatic N) is 3. The first-order valence-electron chi connectivity index (χ1n) is 4.65. The minimum Gasteiger partial charge on any atom is -0.494 e. The molecule has 0 unspecified atom stereocenters. The molecule has 20 heavy (non-hydrogen) atoms. The largest absolute Gasteiger partial charge is 0.494 e. The second-order valence-corrected chi connectivity index (χ2v) is 4.13. The van der Waals surface area contributed by atoms with Crippen LogP contribution in [0.5, 0.6) is 5.75 Å². The Kier molecular flexibility index (Phi) is 8.29. The van der Waals surface area contributed by atoms with Crippen molar-refractivity contribution in [2.45, 2.75) is 0 Å². The Bertz CT molecular complexity index is 673. The number of carbonyl (C=O) groups excluding carboxylic acids is 2. The van der Waals surface area contributed by atoms with E-state index < -0.39 is 10.2 Å². The maximum absolute atomic E-state index is 9.97. The summed E-state index contributed by atoms with van der Waals surface area (Å²) in [5.74, 6) is 0.713. The van der Waals surface area contributed by atoms with Crippen LogP contribution in [0, 0.1) is 0 Å². The Hall–Kier alpha value is -2.47. The first-order valence-corrected chi connectivity index (χ1v) is 6.45. The molecule has 0 aliphatic heterocycles. The van der Waals surface area contributed by atoms with Gasteiger partial charge < -0.3 is 4.74 Å². The second-order valence-electron chi connectivity index (χ2n) is 2.69. The van der Waals surface area contributed by atoms with Crippen LogP contribution in [0.4, 0.5) is 5.69 Å². The highest BCUT2D eigenvalue weighted by molar-refractivity contribution is 7.89. The third-order valence-electron chi connectivity index (χ3n) is 1.56. The molecule has 0 N–H and O–H groups in total. The number of hydrogen-bond acceptors (Lipinski definition) is 7. The summed E-state index contributed by atoms with van der Waals surface area (Å²) in [6, 6.07) is 7.39. The number of aliphatic imine (C=N–C) groups is 1. The lowest BCUT2D eigenvalue weighted by molar-refractivity contribution is 0.416. The molecular formula is C10H7N3O5S2. The molecule has 0 amide bonds. The molecule has 0 bridgehead atoms. The SMILES string of the molecule is COc1ccccc1N=C=S.O=C=NS(=O)(=O)N=C=O. The van der Waals surface area contributed by atoms with Crippen molar-refractivity contribution in [3.05, 3.63) is 24.3 Å². The summed E-state index contributed by atoms with van der Waals surface area (Å²) in [6.45, 7) is 0. The highest BCUT2D eigenvalue weighted by Gasteiger charge is 2.00. The summed E-state index contributed by atoms with van der Waals surface area (Å²) in [5, 5.41) is 2.29. The fourth-order valence-corrected chi connectivity index (χ4v) is 1.21. The van der Waals surface area contributed by atoms with E-state index in [2.05, 4.69) is 31.2 Å². The highest BCUT2D eigenvalue weighted by Crippen LogP contribution is 2.25. The predicted octanol–water partition coefficient (Wildman–Crippen LogP) is 1.33. The van der Waals surface area contributed by atoms with Crippen LogP contribution in [0.2, 0.25) is 0 Å². The van der Waals surface area contributed by atoms with Gasteiger partial charge in [-0.25, -0.2) is 9.59 Å². The van der Waals surface area contributed by atoms with Gasteiger partial charge >= 0.3 is 10.2 Å². The quantitative estimate of drug-likeness (QED) is 0.470. The van der Waals surface area contributed by atoms with E-state index in [-0.39, 0.29) is 0 Å². The number of methoxy groups -OCH3 is 1. The van der Waals surface area contributed by atoms with E-state index in [1.54, 1.807) is 7.11 Å². The Morgan fingerprint density at radius 2 is 1.70 bits per heavy atom. The maximum Gasteiger partial charge on any atom is 0.383 e. The molecule has 0 fully saturated rings. The van der Waals surface area contributed by atoms with Gasteiger partial charge in [0.25, 0.3) is 12.2 Å². The number of rotatable bonds is 4. The highest BCUT2D eigenvalue weighted by atomic mass is 32.2. The summed E-state index contributed by atoms with van der Waals surface area (Å²) in [6.07, 6.45) is 1.41. The molecule has 1 aromatic carbocycles. The van der Waals surface area contributed by atoms with Crippen molar-refractivity contribution in [3.63, 3.8) is 0 Å².